The molecule has 0 saturated carbocycles. The lowest BCUT2D eigenvalue weighted by atomic mass is 10.1. The fraction of sp³-hybridized carbons (Fsp3) is 0.320. The van der Waals surface area contributed by atoms with Gasteiger partial charge in [0.15, 0.2) is 0 Å². The Morgan fingerprint density at radius 1 is 1.06 bits per heavy atom. The molecule has 1 aromatic heterocycles. The normalized spacial score (nSPS) is 16.3. The fourth-order valence-electron chi connectivity index (χ4n) is 3.89. The summed E-state index contributed by atoms with van der Waals surface area (Å²) in [6.45, 7) is 5.59. The average molecular weight is 434 g/mol. The summed E-state index contributed by atoms with van der Waals surface area (Å²) in [6.07, 6.45) is 1.10. The zero-order valence-electron chi connectivity index (χ0n) is 18.4. The van der Waals surface area contributed by atoms with Crippen LogP contribution < -0.4 is 0 Å². The van der Waals surface area contributed by atoms with Crippen molar-refractivity contribution in [3.8, 4) is 0 Å². The van der Waals surface area contributed by atoms with E-state index in [2.05, 4.69) is 0 Å². The lowest BCUT2D eigenvalue weighted by Crippen LogP contribution is -2.34. The quantitative estimate of drug-likeness (QED) is 0.572. The summed E-state index contributed by atoms with van der Waals surface area (Å²) in [5.74, 6) is -0.310. The molecule has 1 unspecified atom stereocenters. The summed E-state index contributed by atoms with van der Waals surface area (Å²) in [5.41, 5.74) is 1.78. The molecule has 2 heterocycles. The number of nitrogens with zero attached hydrogens (tertiary/aromatic N) is 2. The molecule has 1 saturated heterocycles. The number of aryl methyl sites for hydroxylation is 1. The molecular formula is C25H26N2O5. The second-order valence-electron chi connectivity index (χ2n) is 8.79. The lowest BCUT2D eigenvalue weighted by Gasteiger charge is -2.20. The first-order chi connectivity index (χ1) is 15.2. The number of imide groups is 1. The Balaban J connectivity index is 1.55. The molecule has 1 aliphatic heterocycles. The van der Waals surface area contributed by atoms with E-state index in [9.17, 15) is 14.4 Å². The number of ether oxygens (including phenoxy) is 2. The van der Waals surface area contributed by atoms with Crippen LogP contribution in [0.3, 0.4) is 0 Å². The number of fused-ring (bicyclic) bond motifs is 1. The number of hydrogen-bond acceptors (Lipinski definition) is 5. The summed E-state index contributed by atoms with van der Waals surface area (Å²) in [6, 6.07) is 16.4. The third-order valence-electron chi connectivity index (χ3n) is 5.32. The zero-order valence-corrected chi connectivity index (χ0v) is 18.4. The highest BCUT2D eigenvalue weighted by molar-refractivity contribution is 5.95. The molecule has 0 radical (unpaired) electrons. The molecule has 7 heteroatoms. The third-order valence-corrected chi connectivity index (χ3v) is 5.32. The van der Waals surface area contributed by atoms with Gasteiger partial charge in [-0.1, -0.05) is 48.5 Å². The summed E-state index contributed by atoms with van der Waals surface area (Å²) >= 11 is 0. The van der Waals surface area contributed by atoms with Crippen LogP contribution in [0, 0.1) is 0 Å². The highest BCUT2D eigenvalue weighted by Gasteiger charge is 2.38. The minimum atomic E-state index is -0.625. The van der Waals surface area contributed by atoms with E-state index in [-0.39, 0.29) is 18.9 Å². The first kappa shape index (κ1) is 21.6. The van der Waals surface area contributed by atoms with Crippen LogP contribution in [0.2, 0.25) is 0 Å². The van der Waals surface area contributed by atoms with E-state index in [0.29, 0.717) is 11.9 Å². The second-order valence-corrected chi connectivity index (χ2v) is 8.79. The van der Waals surface area contributed by atoms with Crippen molar-refractivity contribution in [3.63, 3.8) is 0 Å². The van der Waals surface area contributed by atoms with Gasteiger partial charge < -0.3 is 9.47 Å². The fourth-order valence-corrected chi connectivity index (χ4v) is 3.89. The number of para-hydroxylation sites is 1. The summed E-state index contributed by atoms with van der Waals surface area (Å²) < 4.78 is 12.1. The van der Waals surface area contributed by atoms with Crippen LogP contribution >= 0.6 is 0 Å². The topological polar surface area (TPSA) is 77.8 Å². The van der Waals surface area contributed by atoms with Crippen molar-refractivity contribution in [2.24, 2.45) is 0 Å². The van der Waals surface area contributed by atoms with Gasteiger partial charge in [-0.05, 0) is 44.4 Å². The Kier molecular flexibility index (Phi) is 5.74. The molecule has 2 aromatic carbocycles. The van der Waals surface area contributed by atoms with Crippen LogP contribution in [0.15, 0.2) is 60.8 Å². The number of benzene rings is 2. The lowest BCUT2D eigenvalue weighted by molar-refractivity contribution is -0.129. The summed E-state index contributed by atoms with van der Waals surface area (Å²) in [4.78, 5) is 39.1. The van der Waals surface area contributed by atoms with Gasteiger partial charge in [-0.3, -0.25) is 9.36 Å². The molecule has 7 nitrogen and oxygen atoms in total. The van der Waals surface area contributed by atoms with Crippen molar-refractivity contribution in [1.29, 1.82) is 0 Å². The van der Waals surface area contributed by atoms with Crippen LogP contribution in [0.4, 0.5) is 9.59 Å². The van der Waals surface area contributed by atoms with Gasteiger partial charge in [-0.15, -0.1) is 0 Å². The predicted octanol–water partition coefficient (Wildman–Crippen LogP) is 5.08. The standard InChI is InChI=1S/C25H26N2O5/c1-25(2,3)32-23(29)26-15-18(19-11-7-8-12-20(19)26)13-14-22(28)27-21(16-31-24(27)30)17-9-5-4-6-10-17/h4-12,15,21H,13-14,16H2,1-3H3. The van der Waals surface area contributed by atoms with E-state index in [4.69, 9.17) is 9.47 Å². The SMILES string of the molecule is CC(C)(C)OC(=O)n1cc(CCC(=O)N2C(=O)OCC2c2ccccc2)c2ccccc21. The molecule has 1 aliphatic rings. The smallest absolute Gasteiger partial charge is 0.419 e. The van der Waals surface area contributed by atoms with Crippen LogP contribution in [-0.2, 0) is 20.7 Å². The number of carbonyl (C=O) groups excluding carboxylic acids is 3. The van der Waals surface area contributed by atoms with Crippen molar-refractivity contribution in [1.82, 2.24) is 9.47 Å². The van der Waals surface area contributed by atoms with Crippen molar-refractivity contribution < 1.29 is 23.9 Å². The Morgan fingerprint density at radius 3 is 2.47 bits per heavy atom. The van der Waals surface area contributed by atoms with Gasteiger partial charge in [0.2, 0.25) is 5.91 Å². The highest BCUT2D eigenvalue weighted by atomic mass is 16.6. The average Bonchev–Trinajstić information content (AvgIpc) is 3.32. The molecule has 0 aliphatic carbocycles. The zero-order chi connectivity index (χ0) is 22.9. The minimum absolute atomic E-state index is 0.112. The third kappa shape index (κ3) is 4.37. The molecule has 1 atom stereocenters. The van der Waals surface area contributed by atoms with Gasteiger partial charge >= 0.3 is 12.2 Å². The number of amides is 2. The van der Waals surface area contributed by atoms with Crippen molar-refractivity contribution >= 4 is 29.0 Å². The molecule has 0 N–H and O–H groups in total. The van der Waals surface area contributed by atoms with Gasteiger partial charge in [-0.2, -0.15) is 0 Å². The van der Waals surface area contributed by atoms with E-state index < -0.39 is 23.8 Å². The van der Waals surface area contributed by atoms with Crippen molar-refractivity contribution in [3.05, 3.63) is 71.9 Å². The first-order valence-corrected chi connectivity index (χ1v) is 10.6. The van der Waals surface area contributed by atoms with E-state index >= 15 is 0 Å². The summed E-state index contributed by atoms with van der Waals surface area (Å²) in [7, 11) is 0. The van der Waals surface area contributed by atoms with Gasteiger partial charge in [0.05, 0.1) is 5.52 Å². The molecule has 4 rings (SSSR count). The van der Waals surface area contributed by atoms with Crippen molar-refractivity contribution in [2.45, 2.75) is 45.3 Å². The van der Waals surface area contributed by atoms with E-state index in [1.165, 1.54) is 9.47 Å². The Labute approximate surface area is 186 Å². The molecular weight excluding hydrogens is 408 g/mol. The van der Waals surface area contributed by atoms with Gasteiger partial charge in [-0.25, -0.2) is 14.5 Å². The number of hydrogen-bond donors (Lipinski definition) is 0. The number of aromatic nitrogens is 1. The molecule has 166 valence electrons. The largest absolute Gasteiger partial charge is 0.446 e. The molecule has 32 heavy (non-hydrogen) atoms. The van der Waals surface area contributed by atoms with Gasteiger partial charge in [0.1, 0.15) is 18.2 Å². The number of rotatable bonds is 4. The molecule has 1 fully saturated rings. The molecule has 0 bridgehead atoms. The number of carbonyl (C=O) groups is 3. The van der Waals surface area contributed by atoms with E-state index in [1.807, 2.05) is 75.4 Å². The van der Waals surface area contributed by atoms with Gasteiger partial charge in [0.25, 0.3) is 0 Å². The first-order valence-electron chi connectivity index (χ1n) is 10.6. The van der Waals surface area contributed by atoms with Crippen LogP contribution in [0.1, 0.15) is 44.4 Å². The van der Waals surface area contributed by atoms with E-state index in [1.54, 1.807) is 6.20 Å². The summed E-state index contributed by atoms with van der Waals surface area (Å²) in [5, 5.41) is 0.870. The van der Waals surface area contributed by atoms with Crippen molar-refractivity contribution in [2.75, 3.05) is 6.61 Å². The van der Waals surface area contributed by atoms with Crippen LogP contribution in [0.5, 0.6) is 0 Å². The maximum atomic E-state index is 13.0. The highest BCUT2D eigenvalue weighted by Crippen LogP contribution is 2.29. The predicted molar refractivity (Wildman–Crippen MR) is 119 cm³/mol. The molecule has 2 amide bonds. The Hall–Kier alpha value is -3.61. The second kappa shape index (κ2) is 8.49. The van der Waals surface area contributed by atoms with Crippen LogP contribution in [0.25, 0.3) is 10.9 Å². The molecule has 0 spiro atoms. The Morgan fingerprint density at radius 2 is 1.75 bits per heavy atom. The monoisotopic (exact) mass is 434 g/mol. The Bertz CT molecular complexity index is 1160. The van der Waals surface area contributed by atoms with Gasteiger partial charge in [0, 0.05) is 18.0 Å². The molecule has 3 aromatic rings. The number of cyclic esters (lactones) is 1. The van der Waals surface area contributed by atoms with E-state index in [0.717, 1.165) is 16.5 Å². The minimum Gasteiger partial charge on any atom is -0.446 e. The maximum Gasteiger partial charge on any atom is 0.419 e. The maximum absolute atomic E-state index is 13.0. The van der Waals surface area contributed by atoms with Crippen LogP contribution in [-0.4, -0.2) is 39.8 Å².